The number of rotatable bonds is 4. The predicted molar refractivity (Wildman–Crippen MR) is 52.5 cm³/mol. The number of aliphatic carboxylic acids is 1. The number of nitrogens with two attached hydrogens (primary N) is 1. The summed E-state index contributed by atoms with van der Waals surface area (Å²) < 4.78 is 0. The SMILES string of the molecule is CNC(C(N)CC(=O)O)C(C)(C)C. The smallest absolute Gasteiger partial charge is 0.304 e. The van der Waals surface area contributed by atoms with Gasteiger partial charge in [0.25, 0.3) is 0 Å². The number of likely N-dealkylation sites (N-methyl/N-ethyl adjacent to an activating group) is 1. The highest BCUT2D eigenvalue weighted by molar-refractivity contribution is 5.67. The van der Waals surface area contributed by atoms with Crippen LogP contribution in [-0.4, -0.2) is 30.2 Å². The predicted octanol–water partition coefficient (Wildman–Crippen LogP) is 0.423. The highest BCUT2D eigenvalue weighted by Gasteiger charge is 2.29. The van der Waals surface area contributed by atoms with Crippen LogP contribution in [0.3, 0.4) is 0 Å². The van der Waals surface area contributed by atoms with Crippen LogP contribution in [-0.2, 0) is 4.79 Å². The lowest BCUT2D eigenvalue weighted by molar-refractivity contribution is -0.137. The monoisotopic (exact) mass is 188 g/mol. The molecule has 78 valence electrons. The summed E-state index contributed by atoms with van der Waals surface area (Å²) >= 11 is 0. The molecule has 0 aliphatic heterocycles. The van der Waals surface area contributed by atoms with Gasteiger partial charge in [0.1, 0.15) is 0 Å². The van der Waals surface area contributed by atoms with Gasteiger partial charge in [-0.25, -0.2) is 0 Å². The number of nitrogens with one attached hydrogen (secondary N) is 1. The topological polar surface area (TPSA) is 75.3 Å². The normalized spacial score (nSPS) is 16.7. The van der Waals surface area contributed by atoms with Crippen molar-refractivity contribution in [2.24, 2.45) is 11.1 Å². The van der Waals surface area contributed by atoms with Crippen molar-refractivity contribution in [3.63, 3.8) is 0 Å². The minimum Gasteiger partial charge on any atom is -0.481 e. The maximum Gasteiger partial charge on any atom is 0.304 e. The first-order valence-corrected chi connectivity index (χ1v) is 4.43. The zero-order valence-electron chi connectivity index (χ0n) is 8.79. The van der Waals surface area contributed by atoms with E-state index in [0.717, 1.165) is 0 Å². The molecule has 0 bridgehead atoms. The number of carboxylic acids is 1. The lowest BCUT2D eigenvalue weighted by Gasteiger charge is -2.34. The molecular formula is C9H20N2O2. The van der Waals surface area contributed by atoms with Crippen molar-refractivity contribution in [3.8, 4) is 0 Å². The van der Waals surface area contributed by atoms with Gasteiger partial charge in [-0.05, 0) is 12.5 Å². The summed E-state index contributed by atoms with van der Waals surface area (Å²) in [5.74, 6) is -0.850. The van der Waals surface area contributed by atoms with Crippen molar-refractivity contribution in [1.29, 1.82) is 0 Å². The first-order chi connectivity index (χ1) is 5.79. The summed E-state index contributed by atoms with van der Waals surface area (Å²) in [5.41, 5.74) is 5.75. The third kappa shape index (κ3) is 4.24. The largest absolute Gasteiger partial charge is 0.481 e. The van der Waals surface area contributed by atoms with Gasteiger partial charge in [0.2, 0.25) is 0 Å². The first-order valence-electron chi connectivity index (χ1n) is 4.43. The Morgan fingerprint density at radius 2 is 2.00 bits per heavy atom. The maximum absolute atomic E-state index is 10.4. The molecule has 0 fully saturated rings. The Morgan fingerprint density at radius 3 is 2.23 bits per heavy atom. The third-order valence-corrected chi connectivity index (χ3v) is 2.08. The Hall–Kier alpha value is -0.610. The van der Waals surface area contributed by atoms with Gasteiger partial charge in [-0.3, -0.25) is 4.79 Å². The number of hydrogen-bond acceptors (Lipinski definition) is 3. The molecule has 0 radical (unpaired) electrons. The quantitative estimate of drug-likeness (QED) is 0.598. The zero-order chi connectivity index (χ0) is 10.6. The van der Waals surface area contributed by atoms with E-state index in [9.17, 15) is 4.79 Å². The van der Waals surface area contributed by atoms with Crippen LogP contribution in [0.25, 0.3) is 0 Å². The van der Waals surface area contributed by atoms with Gasteiger partial charge in [0, 0.05) is 12.1 Å². The Morgan fingerprint density at radius 1 is 1.54 bits per heavy atom. The highest BCUT2D eigenvalue weighted by Crippen LogP contribution is 2.21. The standard InChI is InChI=1S/C9H20N2O2/c1-9(2,3)8(11-4)6(10)5-7(12)13/h6,8,11H,5,10H2,1-4H3,(H,12,13). The van der Waals surface area contributed by atoms with E-state index in [4.69, 9.17) is 10.8 Å². The van der Waals surface area contributed by atoms with E-state index in [1.807, 2.05) is 20.8 Å². The van der Waals surface area contributed by atoms with Crippen molar-refractivity contribution < 1.29 is 9.90 Å². The van der Waals surface area contributed by atoms with E-state index in [2.05, 4.69) is 5.32 Å². The third-order valence-electron chi connectivity index (χ3n) is 2.08. The molecule has 2 unspecified atom stereocenters. The number of hydrogen-bond donors (Lipinski definition) is 3. The first kappa shape index (κ1) is 12.4. The van der Waals surface area contributed by atoms with Crippen LogP contribution in [0.2, 0.25) is 0 Å². The van der Waals surface area contributed by atoms with E-state index < -0.39 is 5.97 Å². The minimum atomic E-state index is -0.850. The minimum absolute atomic E-state index is 0.00275. The molecule has 0 saturated heterocycles. The summed E-state index contributed by atoms with van der Waals surface area (Å²) in [6.07, 6.45) is 0.00275. The molecule has 0 heterocycles. The van der Waals surface area contributed by atoms with E-state index >= 15 is 0 Å². The summed E-state index contributed by atoms with van der Waals surface area (Å²) in [7, 11) is 1.80. The molecule has 0 spiro atoms. The van der Waals surface area contributed by atoms with Gasteiger partial charge in [0.05, 0.1) is 6.42 Å². The molecule has 0 aliphatic carbocycles. The molecule has 4 nitrogen and oxygen atoms in total. The number of carboxylic acid groups (broad SMARTS) is 1. The Labute approximate surface area is 79.5 Å². The van der Waals surface area contributed by atoms with Crippen LogP contribution in [0.4, 0.5) is 0 Å². The fraction of sp³-hybridized carbons (Fsp3) is 0.889. The highest BCUT2D eigenvalue weighted by atomic mass is 16.4. The molecule has 13 heavy (non-hydrogen) atoms. The molecule has 0 rings (SSSR count). The van der Waals surface area contributed by atoms with Gasteiger partial charge < -0.3 is 16.2 Å². The second-order valence-electron chi connectivity index (χ2n) is 4.39. The summed E-state index contributed by atoms with van der Waals surface area (Å²) in [4.78, 5) is 10.4. The summed E-state index contributed by atoms with van der Waals surface area (Å²) in [5, 5.41) is 11.6. The van der Waals surface area contributed by atoms with Gasteiger partial charge in [0.15, 0.2) is 0 Å². The van der Waals surface area contributed by atoms with Gasteiger partial charge in [-0.15, -0.1) is 0 Å². The molecule has 0 aliphatic rings. The van der Waals surface area contributed by atoms with Crippen LogP contribution in [0.1, 0.15) is 27.2 Å². The van der Waals surface area contributed by atoms with E-state index in [1.165, 1.54) is 0 Å². The number of carbonyl (C=O) groups is 1. The lowest BCUT2D eigenvalue weighted by atomic mass is 9.81. The molecule has 0 aromatic heterocycles. The van der Waals surface area contributed by atoms with Gasteiger partial charge in [-0.1, -0.05) is 20.8 Å². The lowest BCUT2D eigenvalue weighted by Crippen LogP contribution is -2.52. The molecule has 0 aromatic carbocycles. The van der Waals surface area contributed by atoms with Crippen LogP contribution < -0.4 is 11.1 Å². The molecule has 0 amide bonds. The Kier molecular flexibility index (Phi) is 4.36. The van der Waals surface area contributed by atoms with Crippen molar-refractivity contribution >= 4 is 5.97 Å². The molecule has 4 heteroatoms. The second-order valence-corrected chi connectivity index (χ2v) is 4.39. The average molecular weight is 188 g/mol. The van der Waals surface area contributed by atoms with E-state index in [0.29, 0.717) is 0 Å². The van der Waals surface area contributed by atoms with Crippen molar-refractivity contribution in [3.05, 3.63) is 0 Å². The fourth-order valence-electron chi connectivity index (χ4n) is 1.61. The Balaban J connectivity index is 4.32. The van der Waals surface area contributed by atoms with E-state index in [-0.39, 0.29) is 23.9 Å². The van der Waals surface area contributed by atoms with Crippen LogP contribution in [0.5, 0.6) is 0 Å². The Bertz CT molecular complexity index is 175. The summed E-state index contributed by atoms with van der Waals surface area (Å²) in [6, 6.07) is -0.328. The van der Waals surface area contributed by atoms with Gasteiger partial charge in [-0.2, -0.15) is 0 Å². The molecular weight excluding hydrogens is 168 g/mol. The van der Waals surface area contributed by atoms with E-state index in [1.54, 1.807) is 7.05 Å². The van der Waals surface area contributed by atoms with Crippen LogP contribution >= 0.6 is 0 Å². The summed E-state index contributed by atoms with van der Waals surface area (Å²) in [6.45, 7) is 6.11. The van der Waals surface area contributed by atoms with Crippen LogP contribution in [0, 0.1) is 5.41 Å². The molecule has 4 N–H and O–H groups in total. The van der Waals surface area contributed by atoms with Crippen molar-refractivity contribution in [1.82, 2.24) is 5.32 Å². The van der Waals surface area contributed by atoms with Crippen LogP contribution in [0.15, 0.2) is 0 Å². The van der Waals surface area contributed by atoms with Crippen molar-refractivity contribution in [2.75, 3.05) is 7.05 Å². The van der Waals surface area contributed by atoms with Crippen molar-refractivity contribution in [2.45, 2.75) is 39.3 Å². The average Bonchev–Trinajstić information content (AvgIpc) is 1.82. The molecule has 0 aromatic rings. The molecule has 2 atom stereocenters. The maximum atomic E-state index is 10.4. The second kappa shape index (κ2) is 4.58. The zero-order valence-corrected chi connectivity index (χ0v) is 8.79. The fourth-order valence-corrected chi connectivity index (χ4v) is 1.61. The molecule has 0 saturated carbocycles. The van der Waals surface area contributed by atoms with Gasteiger partial charge >= 0.3 is 5.97 Å².